The van der Waals surface area contributed by atoms with Gasteiger partial charge in [0, 0.05) is 11.9 Å². The molecule has 0 spiro atoms. The predicted octanol–water partition coefficient (Wildman–Crippen LogP) is 3.26. The first-order chi connectivity index (χ1) is 9.25. The summed E-state index contributed by atoms with van der Waals surface area (Å²) in [6, 6.07) is 12.6. The van der Waals surface area contributed by atoms with E-state index >= 15 is 0 Å². The molecule has 5 heteroatoms. The number of aromatic amines is 1. The largest absolute Gasteiger partial charge is 0.362 e. The Hall–Kier alpha value is -2.27. The highest BCUT2D eigenvalue weighted by molar-refractivity contribution is 8.19. The Morgan fingerprint density at radius 3 is 2.53 bits per heavy atom. The quantitative estimate of drug-likeness (QED) is 0.852. The molecule has 2 amide bonds. The standard InChI is InChI=1S/C14H10N2O2S/c17-13-12(9-10-5-4-8-15-10)19-14(18)16(13)11-6-2-1-3-7-11/h1-9,15H/b12-9-. The third kappa shape index (κ3) is 2.20. The average Bonchev–Trinajstić information content (AvgIpc) is 3.01. The molecule has 94 valence electrons. The molecule has 1 N–H and O–H groups in total. The number of benzene rings is 1. The normalized spacial score (nSPS) is 17.5. The highest BCUT2D eigenvalue weighted by Gasteiger charge is 2.36. The van der Waals surface area contributed by atoms with Crippen LogP contribution in [0.5, 0.6) is 0 Å². The minimum Gasteiger partial charge on any atom is -0.362 e. The zero-order chi connectivity index (χ0) is 13.2. The summed E-state index contributed by atoms with van der Waals surface area (Å²) in [4.78, 5) is 28.8. The molecule has 0 radical (unpaired) electrons. The van der Waals surface area contributed by atoms with Crippen molar-refractivity contribution in [2.45, 2.75) is 0 Å². The van der Waals surface area contributed by atoms with Gasteiger partial charge in [0.2, 0.25) is 0 Å². The fourth-order valence-corrected chi connectivity index (χ4v) is 2.67. The van der Waals surface area contributed by atoms with Crippen molar-refractivity contribution in [3.05, 3.63) is 59.3 Å². The molecule has 1 aliphatic heterocycles. The topological polar surface area (TPSA) is 53.2 Å². The van der Waals surface area contributed by atoms with E-state index in [1.54, 1.807) is 36.5 Å². The molecule has 0 atom stereocenters. The minimum atomic E-state index is -0.282. The summed E-state index contributed by atoms with van der Waals surface area (Å²) in [5.74, 6) is -0.282. The van der Waals surface area contributed by atoms with Gasteiger partial charge in [-0.3, -0.25) is 9.59 Å². The van der Waals surface area contributed by atoms with Crippen LogP contribution < -0.4 is 4.90 Å². The van der Waals surface area contributed by atoms with Gasteiger partial charge in [-0.05, 0) is 42.1 Å². The lowest BCUT2D eigenvalue weighted by Crippen LogP contribution is -2.27. The highest BCUT2D eigenvalue weighted by atomic mass is 32.2. The van der Waals surface area contributed by atoms with Crippen LogP contribution in [0, 0.1) is 0 Å². The smallest absolute Gasteiger partial charge is 0.298 e. The summed E-state index contributed by atoms with van der Waals surface area (Å²) in [7, 11) is 0. The summed E-state index contributed by atoms with van der Waals surface area (Å²) in [5, 5.41) is -0.269. The Morgan fingerprint density at radius 1 is 1.05 bits per heavy atom. The third-order valence-electron chi connectivity index (χ3n) is 2.72. The number of hydrogen-bond donors (Lipinski definition) is 1. The molecule has 19 heavy (non-hydrogen) atoms. The van der Waals surface area contributed by atoms with Crippen LogP contribution in [-0.4, -0.2) is 16.1 Å². The highest BCUT2D eigenvalue weighted by Crippen LogP contribution is 2.35. The Labute approximate surface area is 114 Å². The van der Waals surface area contributed by atoms with Gasteiger partial charge in [-0.25, -0.2) is 4.90 Å². The maximum absolute atomic E-state index is 12.2. The molecule has 0 saturated carbocycles. The number of carbonyl (C=O) groups excluding carboxylic acids is 2. The number of nitrogens with zero attached hydrogens (tertiary/aromatic N) is 1. The lowest BCUT2D eigenvalue weighted by molar-refractivity contribution is -0.113. The average molecular weight is 270 g/mol. The summed E-state index contributed by atoms with van der Waals surface area (Å²) in [5.41, 5.74) is 1.40. The van der Waals surface area contributed by atoms with Gasteiger partial charge in [0.15, 0.2) is 0 Å². The number of hydrogen-bond acceptors (Lipinski definition) is 3. The number of nitrogens with one attached hydrogen (secondary N) is 1. The maximum Gasteiger partial charge on any atom is 0.298 e. The zero-order valence-electron chi connectivity index (χ0n) is 9.87. The second kappa shape index (κ2) is 4.78. The number of amides is 2. The number of carbonyl (C=O) groups is 2. The van der Waals surface area contributed by atoms with Crippen LogP contribution in [0.3, 0.4) is 0 Å². The fraction of sp³-hybridized carbons (Fsp3) is 0. The van der Waals surface area contributed by atoms with Crippen molar-refractivity contribution >= 4 is 34.7 Å². The molecule has 0 bridgehead atoms. The SMILES string of the molecule is O=C1S/C(=C\c2ccc[nH]2)C(=O)N1c1ccccc1. The van der Waals surface area contributed by atoms with E-state index in [1.807, 2.05) is 18.2 Å². The Morgan fingerprint density at radius 2 is 1.84 bits per heavy atom. The zero-order valence-corrected chi connectivity index (χ0v) is 10.7. The van der Waals surface area contributed by atoms with Gasteiger partial charge in [-0.1, -0.05) is 18.2 Å². The van der Waals surface area contributed by atoms with E-state index in [9.17, 15) is 9.59 Å². The van der Waals surface area contributed by atoms with Crippen molar-refractivity contribution in [3.8, 4) is 0 Å². The van der Waals surface area contributed by atoms with Crippen molar-refractivity contribution in [1.29, 1.82) is 0 Å². The number of thioether (sulfide) groups is 1. The monoisotopic (exact) mass is 270 g/mol. The summed E-state index contributed by atoms with van der Waals surface area (Å²) < 4.78 is 0. The molecule has 1 aromatic carbocycles. The molecule has 1 aromatic heterocycles. The van der Waals surface area contributed by atoms with E-state index in [0.717, 1.165) is 17.5 Å². The Kier molecular flexibility index (Phi) is 2.97. The van der Waals surface area contributed by atoms with E-state index in [2.05, 4.69) is 4.98 Å². The first-order valence-electron chi connectivity index (χ1n) is 5.72. The molecule has 2 heterocycles. The summed E-state index contributed by atoms with van der Waals surface area (Å²) >= 11 is 0.953. The molecule has 1 saturated heterocycles. The number of rotatable bonds is 2. The van der Waals surface area contributed by atoms with Crippen LogP contribution >= 0.6 is 11.8 Å². The molecule has 2 aromatic rings. The van der Waals surface area contributed by atoms with Crippen molar-refractivity contribution in [1.82, 2.24) is 4.98 Å². The van der Waals surface area contributed by atoms with E-state index < -0.39 is 0 Å². The molecule has 0 aliphatic carbocycles. The third-order valence-corrected chi connectivity index (χ3v) is 3.59. The number of imide groups is 1. The Balaban J connectivity index is 1.94. The van der Waals surface area contributed by atoms with E-state index in [1.165, 1.54) is 4.90 Å². The fourth-order valence-electron chi connectivity index (χ4n) is 1.84. The second-order valence-electron chi connectivity index (χ2n) is 3.98. The molecular weight excluding hydrogens is 260 g/mol. The molecule has 4 nitrogen and oxygen atoms in total. The van der Waals surface area contributed by atoms with Crippen molar-refractivity contribution < 1.29 is 9.59 Å². The van der Waals surface area contributed by atoms with Gasteiger partial charge in [0.25, 0.3) is 11.1 Å². The van der Waals surface area contributed by atoms with Gasteiger partial charge >= 0.3 is 0 Å². The van der Waals surface area contributed by atoms with Gasteiger partial charge in [-0.2, -0.15) is 0 Å². The lowest BCUT2D eigenvalue weighted by Gasteiger charge is -2.11. The molecule has 0 unspecified atom stereocenters. The Bertz CT molecular complexity index is 647. The summed E-state index contributed by atoms with van der Waals surface area (Å²) in [6.07, 6.45) is 3.46. The summed E-state index contributed by atoms with van der Waals surface area (Å²) in [6.45, 7) is 0. The predicted molar refractivity (Wildman–Crippen MR) is 75.7 cm³/mol. The molecule has 3 rings (SSSR count). The van der Waals surface area contributed by atoms with E-state index in [4.69, 9.17) is 0 Å². The van der Waals surface area contributed by atoms with E-state index in [0.29, 0.717) is 10.6 Å². The van der Waals surface area contributed by atoms with Crippen molar-refractivity contribution in [3.63, 3.8) is 0 Å². The van der Waals surface area contributed by atoms with Crippen molar-refractivity contribution in [2.75, 3.05) is 4.90 Å². The van der Waals surface area contributed by atoms with E-state index in [-0.39, 0.29) is 11.1 Å². The van der Waals surface area contributed by atoms with Gasteiger partial charge in [-0.15, -0.1) is 0 Å². The van der Waals surface area contributed by atoms with Crippen LogP contribution in [0.1, 0.15) is 5.69 Å². The molecular formula is C14H10N2O2S. The minimum absolute atomic E-state index is 0.269. The van der Waals surface area contributed by atoms with Crippen LogP contribution in [0.25, 0.3) is 6.08 Å². The first-order valence-corrected chi connectivity index (χ1v) is 6.54. The van der Waals surface area contributed by atoms with Crippen LogP contribution in [0.4, 0.5) is 10.5 Å². The number of H-pyrrole nitrogens is 1. The maximum atomic E-state index is 12.2. The first kappa shape index (κ1) is 11.8. The van der Waals surface area contributed by atoms with Crippen molar-refractivity contribution in [2.24, 2.45) is 0 Å². The molecule has 1 fully saturated rings. The van der Waals surface area contributed by atoms with Crippen LogP contribution in [0.2, 0.25) is 0 Å². The lowest BCUT2D eigenvalue weighted by atomic mass is 10.3. The van der Waals surface area contributed by atoms with Gasteiger partial charge in [0.1, 0.15) is 0 Å². The number of aromatic nitrogens is 1. The number of anilines is 1. The van der Waals surface area contributed by atoms with Crippen LogP contribution in [0.15, 0.2) is 53.6 Å². The van der Waals surface area contributed by atoms with Gasteiger partial charge in [0.05, 0.1) is 10.6 Å². The number of para-hydroxylation sites is 1. The van der Waals surface area contributed by atoms with Gasteiger partial charge < -0.3 is 4.98 Å². The molecule has 1 aliphatic rings. The second-order valence-corrected chi connectivity index (χ2v) is 4.97. The van der Waals surface area contributed by atoms with Crippen LogP contribution in [-0.2, 0) is 4.79 Å².